The highest BCUT2D eigenvalue weighted by Crippen LogP contribution is 2.16. The van der Waals surface area contributed by atoms with Crippen LogP contribution in [0.1, 0.15) is 17.3 Å². The smallest absolute Gasteiger partial charge is 0.348 e. The zero-order valence-corrected chi connectivity index (χ0v) is 9.46. The molecule has 0 spiro atoms. The Morgan fingerprint density at radius 3 is 2.72 bits per heavy atom. The van der Waals surface area contributed by atoms with Crippen LogP contribution in [0.25, 0.3) is 0 Å². The van der Waals surface area contributed by atoms with Gasteiger partial charge in [-0.2, -0.15) is 0 Å². The number of hydrogen-bond acceptors (Lipinski definition) is 5. The van der Waals surface area contributed by atoms with Crippen LogP contribution in [0.3, 0.4) is 0 Å². The monoisotopic (exact) mass is 255 g/mol. The molecular weight excluding hydrogens is 245 g/mol. The Hall–Kier alpha value is -2.31. The number of ketones is 1. The summed E-state index contributed by atoms with van der Waals surface area (Å²) < 4.78 is 17.8. The van der Waals surface area contributed by atoms with Gasteiger partial charge in [0.05, 0.1) is 11.5 Å². The average Bonchev–Trinajstić information content (AvgIpc) is 2.37. The summed E-state index contributed by atoms with van der Waals surface area (Å²) in [7, 11) is 0. The zero-order chi connectivity index (χ0) is 13.7. The molecular formula is C11H10FNO5. The number of nitrogens with zero attached hydrogens (tertiary/aromatic N) is 1. The van der Waals surface area contributed by atoms with Crippen molar-refractivity contribution in [2.45, 2.75) is 13.1 Å². The van der Waals surface area contributed by atoms with Crippen LogP contribution in [0.4, 0.5) is 10.1 Å². The molecule has 0 aliphatic rings. The van der Waals surface area contributed by atoms with Crippen molar-refractivity contribution in [3.63, 3.8) is 0 Å². The van der Waals surface area contributed by atoms with E-state index in [1.54, 1.807) is 0 Å². The third-order valence-electron chi connectivity index (χ3n) is 2.07. The van der Waals surface area contributed by atoms with Gasteiger partial charge in [0.2, 0.25) is 5.78 Å². The van der Waals surface area contributed by atoms with E-state index in [4.69, 9.17) is 0 Å². The molecule has 1 aromatic rings. The molecule has 0 bridgehead atoms. The molecule has 18 heavy (non-hydrogen) atoms. The van der Waals surface area contributed by atoms with Crippen LogP contribution in [-0.4, -0.2) is 29.5 Å². The van der Waals surface area contributed by atoms with Gasteiger partial charge in [-0.3, -0.25) is 14.9 Å². The molecule has 0 N–H and O–H groups in total. The standard InChI is InChI=1S/C11H10FNO5/c1-2-18-11(15)9(12)10(14)7-4-3-5-8(6-7)13(16)17/h3-6,9H,2H2,1H3. The summed E-state index contributed by atoms with van der Waals surface area (Å²) in [5.74, 6) is -2.45. The second-order valence-electron chi connectivity index (χ2n) is 3.29. The lowest BCUT2D eigenvalue weighted by Crippen LogP contribution is -2.27. The number of non-ortho nitro benzene ring substituents is 1. The normalized spacial score (nSPS) is 11.7. The van der Waals surface area contributed by atoms with Crippen molar-refractivity contribution in [3.8, 4) is 0 Å². The molecule has 6 nitrogen and oxygen atoms in total. The summed E-state index contributed by atoms with van der Waals surface area (Å²) in [6, 6.07) is 4.51. The first-order valence-corrected chi connectivity index (χ1v) is 5.06. The number of ether oxygens (including phenoxy) is 1. The molecule has 96 valence electrons. The molecule has 0 saturated carbocycles. The van der Waals surface area contributed by atoms with Crippen LogP contribution in [0.5, 0.6) is 0 Å². The third-order valence-corrected chi connectivity index (χ3v) is 2.07. The number of hydrogen-bond donors (Lipinski definition) is 0. The first kappa shape index (κ1) is 13.8. The average molecular weight is 255 g/mol. The topological polar surface area (TPSA) is 86.5 Å². The van der Waals surface area contributed by atoms with E-state index in [9.17, 15) is 24.1 Å². The number of Topliss-reactive ketones (excluding diaryl/α,β-unsaturated/α-hetero) is 1. The molecule has 1 atom stereocenters. The summed E-state index contributed by atoms with van der Waals surface area (Å²) in [6.07, 6.45) is -2.47. The molecule has 1 aromatic carbocycles. The maximum atomic E-state index is 13.4. The number of nitro benzene ring substituents is 1. The number of rotatable bonds is 5. The Bertz CT molecular complexity index is 488. The van der Waals surface area contributed by atoms with Crippen molar-refractivity contribution in [2.75, 3.05) is 6.61 Å². The van der Waals surface area contributed by atoms with Gasteiger partial charge in [-0.25, -0.2) is 9.18 Å². The van der Waals surface area contributed by atoms with Crippen molar-refractivity contribution in [3.05, 3.63) is 39.9 Å². The van der Waals surface area contributed by atoms with E-state index in [0.717, 1.165) is 12.1 Å². The second-order valence-corrected chi connectivity index (χ2v) is 3.29. The highest BCUT2D eigenvalue weighted by atomic mass is 19.1. The van der Waals surface area contributed by atoms with E-state index in [1.165, 1.54) is 19.1 Å². The maximum absolute atomic E-state index is 13.4. The minimum Gasteiger partial charge on any atom is -0.463 e. The van der Waals surface area contributed by atoms with Gasteiger partial charge in [-0.1, -0.05) is 12.1 Å². The van der Waals surface area contributed by atoms with E-state index in [1.807, 2.05) is 0 Å². The number of halogens is 1. The molecule has 1 unspecified atom stereocenters. The highest BCUT2D eigenvalue weighted by molar-refractivity contribution is 6.11. The fourth-order valence-corrected chi connectivity index (χ4v) is 1.24. The van der Waals surface area contributed by atoms with E-state index < -0.39 is 22.8 Å². The molecule has 7 heteroatoms. The molecule has 0 heterocycles. The molecule has 0 aliphatic heterocycles. The summed E-state index contributed by atoms with van der Waals surface area (Å²) in [6.45, 7) is 1.42. The van der Waals surface area contributed by atoms with Gasteiger partial charge < -0.3 is 4.74 Å². The maximum Gasteiger partial charge on any atom is 0.348 e. The molecule has 0 aliphatic carbocycles. The lowest BCUT2D eigenvalue weighted by atomic mass is 10.1. The number of esters is 1. The van der Waals surface area contributed by atoms with Crippen LogP contribution in [-0.2, 0) is 9.53 Å². The Labute approximate surface area is 102 Å². The van der Waals surface area contributed by atoms with Crippen molar-refractivity contribution in [1.29, 1.82) is 0 Å². The van der Waals surface area contributed by atoms with Crippen molar-refractivity contribution >= 4 is 17.4 Å². The van der Waals surface area contributed by atoms with E-state index in [0.29, 0.717) is 0 Å². The Kier molecular flexibility index (Phi) is 4.47. The fraction of sp³-hybridized carbons (Fsp3) is 0.273. The Morgan fingerprint density at radius 2 is 2.17 bits per heavy atom. The number of nitro groups is 1. The van der Waals surface area contributed by atoms with Gasteiger partial charge in [-0.05, 0) is 6.92 Å². The fourth-order valence-electron chi connectivity index (χ4n) is 1.24. The van der Waals surface area contributed by atoms with Gasteiger partial charge in [0, 0.05) is 17.7 Å². The first-order chi connectivity index (χ1) is 8.47. The number of carbonyl (C=O) groups is 2. The molecule has 0 amide bonds. The summed E-state index contributed by atoms with van der Waals surface area (Å²) >= 11 is 0. The summed E-state index contributed by atoms with van der Waals surface area (Å²) in [5.41, 5.74) is -0.596. The number of alkyl halides is 1. The molecule has 1 rings (SSSR count). The number of benzene rings is 1. The van der Waals surface area contributed by atoms with Crippen LogP contribution >= 0.6 is 0 Å². The lowest BCUT2D eigenvalue weighted by Gasteiger charge is -2.06. The minimum absolute atomic E-state index is 0.0541. The summed E-state index contributed by atoms with van der Waals surface area (Å²) in [4.78, 5) is 32.3. The molecule has 0 fully saturated rings. The zero-order valence-electron chi connectivity index (χ0n) is 9.46. The van der Waals surface area contributed by atoms with Gasteiger partial charge in [-0.15, -0.1) is 0 Å². The van der Waals surface area contributed by atoms with Crippen molar-refractivity contribution in [2.24, 2.45) is 0 Å². The van der Waals surface area contributed by atoms with Crippen molar-refractivity contribution < 1.29 is 23.6 Å². The largest absolute Gasteiger partial charge is 0.463 e. The van der Waals surface area contributed by atoms with Crippen LogP contribution in [0.2, 0.25) is 0 Å². The Balaban J connectivity index is 2.93. The molecule has 0 radical (unpaired) electrons. The number of carbonyl (C=O) groups excluding carboxylic acids is 2. The van der Waals surface area contributed by atoms with Gasteiger partial charge in [0.25, 0.3) is 11.9 Å². The Morgan fingerprint density at radius 1 is 1.50 bits per heavy atom. The van der Waals surface area contributed by atoms with Gasteiger partial charge >= 0.3 is 5.97 Å². The van der Waals surface area contributed by atoms with Gasteiger partial charge in [0.15, 0.2) is 0 Å². The molecule has 0 aromatic heterocycles. The van der Waals surface area contributed by atoms with Crippen molar-refractivity contribution in [1.82, 2.24) is 0 Å². The first-order valence-electron chi connectivity index (χ1n) is 5.06. The lowest BCUT2D eigenvalue weighted by molar-refractivity contribution is -0.384. The quantitative estimate of drug-likeness (QED) is 0.262. The van der Waals surface area contributed by atoms with E-state index in [-0.39, 0.29) is 17.9 Å². The minimum atomic E-state index is -2.47. The van der Waals surface area contributed by atoms with E-state index >= 15 is 0 Å². The van der Waals surface area contributed by atoms with E-state index in [2.05, 4.69) is 4.74 Å². The summed E-state index contributed by atoms with van der Waals surface area (Å²) in [5, 5.41) is 10.5. The van der Waals surface area contributed by atoms with Crippen LogP contribution in [0, 0.1) is 10.1 Å². The predicted molar refractivity (Wildman–Crippen MR) is 59.0 cm³/mol. The highest BCUT2D eigenvalue weighted by Gasteiger charge is 2.29. The third kappa shape index (κ3) is 3.09. The van der Waals surface area contributed by atoms with Gasteiger partial charge in [0.1, 0.15) is 0 Å². The second kappa shape index (κ2) is 5.85. The molecule has 0 saturated heterocycles. The SMILES string of the molecule is CCOC(=O)C(F)C(=O)c1cccc([N+](=O)[O-])c1. The van der Waals surface area contributed by atoms with Crippen LogP contribution in [0.15, 0.2) is 24.3 Å². The predicted octanol–water partition coefficient (Wildman–Crippen LogP) is 1.68. The van der Waals surface area contributed by atoms with Crippen LogP contribution < -0.4 is 0 Å².